The summed E-state index contributed by atoms with van der Waals surface area (Å²) in [5, 5.41) is 17.4. The first kappa shape index (κ1) is 16.8. The Morgan fingerprint density at radius 3 is 2.95 bits per heavy atom. The first-order chi connectivity index (χ1) is 10.6. The molecule has 5 nitrogen and oxygen atoms in total. The molecule has 1 aromatic carbocycles. The van der Waals surface area contributed by atoms with Gasteiger partial charge >= 0.3 is 0 Å². The zero-order chi connectivity index (χ0) is 16.0. The van der Waals surface area contributed by atoms with E-state index in [1.54, 1.807) is 7.11 Å². The predicted molar refractivity (Wildman–Crippen MR) is 89.1 cm³/mol. The molecule has 22 heavy (non-hydrogen) atoms. The molecule has 0 spiro atoms. The molecule has 122 valence electrons. The average Bonchev–Trinajstić information content (AvgIpc) is 2.84. The Morgan fingerprint density at radius 1 is 1.45 bits per heavy atom. The SMILES string of the molecule is CCNC(=NCC1(O)CCc2ccccc21)NC(C)COC. The average molecular weight is 305 g/mol. The van der Waals surface area contributed by atoms with Gasteiger partial charge < -0.3 is 20.5 Å². The molecule has 0 amide bonds. The minimum absolute atomic E-state index is 0.160. The number of fused-ring (bicyclic) bond motifs is 1. The van der Waals surface area contributed by atoms with Crippen LogP contribution in [0.15, 0.2) is 29.3 Å². The molecule has 1 aromatic rings. The molecule has 0 bridgehead atoms. The molecule has 0 aromatic heterocycles. The quantitative estimate of drug-likeness (QED) is 0.549. The van der Waals surface area contributed by atoms with Gasteiger partial charge in [0, 0.05) is 19.7 Å². The molecule has 1 aliphatic carbocycles. The standard InChI is InChI=1S/C17H27N3O2/c1-4-18-16(20-13(2)11-22-3)19-12-17(21)10-9-14-7-5-6-8-15(14)17/h5-8,13,21H,4,9-12H2,1-3H3,(H2,18,19,20). The Labute approximate surface area is 132 Å². The number of rotatable bonds is 6. The van der Waals surface area contributed by atoms with Crippen LogP contribution < -0.4 is 10.6 Å². The Bertz CT molecular complexity index is 518. The highest BCUT2D eigenvalue weighted by molar-refractivity contribution is 5.80. The fraction of sp³-hybridized carbons (Fsp3) is 0.588. The summed E-state index contributed by atoms with van der Waals surface area (Å²) in [7, 11) is 1.68. The number of aliphatic hydroxyl groups is 1. The van der Waals surface area contributed by atoms with Crippen LogP contribution >= 0.6 is 0 Å². The van der Waals surface area contributed by atoms with Crippen LogP contribution in [0.2, 0.25) is 0 Å². The second kappa shape index (κ2) is 7.61. The summed E-state index contributed by atoms with van der Waals surface area (Å²) < 4.78 is 5.13. The highest BCUT2D eigenvalue weighted by atomic mass is 16.5. The van der Waals surface area contributed by atoms with Gasteiger partial charge in [-0.25, -0.2) is 4.99 Å². The molecule has 0 heterocycles. The van der Waals surface area contributed by atoms with Crippen molar-refractivity contribution in [3.05, 3.63) is 35.4 Å². The number of aliphatic imine (C=N–C) groups is 1. The summed E-state index contributed by atoms with van der Waals surface area (Å²) in [5.41, 5.74) is 1.38. The Hall–Kier alpha value is -1.59. The Morgan fingerprint density at radius 2 is 2.23 bits per heavy atom. The molecule has 2 unspecified atom stereocenters. The molecule has 3 N–H and O–H groups in total. The van der Waals surface area contributed by atoms with Crippen molar-refractivity contribution < 1.29 is 9.84 Å². The van der Waals surface area contributed by atoms with Crippen molar-refractivity contribution in [2.75, 3.05) is 26.8 Å². The topological polar surface area (TPSA) is 65.9 Å². The lowest BCUT2D eigenvalue weighted by Crippen LogP contribution is -2.44. The van der Waals surface area contributed by atoms with E-state index in [1.165, 1.54) is 5.56 Å². The van der Waals surface area contributed by atoms with Crippen molar-refractivity contribution >= 4 is 5.96 Å². The van der Waals surface area contributed by atoms with E-state index in [0.29, 0.717) is 19.1 Å². The van der Waals surface area contributed by atoms with Crippen molar-refractivity contribution in [2.24, 2.45) is 4.99 Å². The lowest BCUT2D eigenvalue weighted by Gasteiger charge is -2.23. The second-order valence-corrected chi connectivity index (χ2v) is 5.88. The molecule has 2 rings (SSSR count). The smallest absolute Gasteiger partial charge is 0.191 e. The molecule has 0 fully saturated rings. The number of nitrogens with one attached hydrogen (secondary N) is 2. The van der Waals surface area contributed by atoms with Crippen LogP contribution in [0.25, 0.3) is 0 Å². The number of nitrogens with zero attached hydrogens (tertiary/aromatic N) is 1. The third-order valence-electron chi connectivity index (χ3n) is 3.97. The highest BCUT2D eigenvalue weighted by Crippen LogP contribution is 2.36. The predicted octanol–water partition coefficient (Wildman–Crippen LogP) is 1.41. The molecule has 0 saturated carbocycles. The van der Waals surface area contributed by atoms with Crippen molar-refractivity contribution in [3.8, 4) is 0 Å². The maximum Gasteiger partial charge on any atom is 0.191 e. The van der Waals surface area contributed by atoms with Crippen LogP contribution in [-0.4, -0.2) is 43.9 Å². The number of aryl methyl sites for hydroxylation is 1. The van der Waals surface area contributed by atoms with Gasteiger partial charge in [0.1, 0.15) is 5.60 Å². The largest absolute Gasteiger partial charge is 0.383 e. The minimum atomic E-state index is -0.858. The van der Waals surface area contributed by atoms with E-state index in [-0.39, 0.29) is 6.04 Å². The first-order valence-electron chi connectivity index (χ1n) is 7.93. The van der Waals surface area contributed by atoms with Gasteiger partial charge in [-0.2, -0.15) is 0 Å². The van der Waals surface area contributed by atoms with Gasteiger partial charge in [-0.05, 0) is 37.8 Å². The van der Waals surface area contributed by atoms with E-state index in [0.717, 1.165) is 24.9 Å². The van der Waals surface area contributed by atoms with Crippen LogP contribution in [0.3, 0.4) is 0 Å². The van der Waals surface area contributed by atoms with Crippen LogP contribution in [0.5, 0.6) is 0 Å². The molecule has 1 aliphatic rings. The van der Waals surface area contributed by atoms with Gasteiger partial charge in [0.2, 0.25) is 0 Å². The van der Waals surface area contributed by atoms with E-state index in [9.17, 15) is 5.11 Å². The van der Waals surface area contributed by atoms with Crippen LogP contribution in [0.4, 0.5) is 0 Å². The lowest BCUT2D eigenvalue weighted by molar-refractivity contribution is 0.0485. The number of guanidine groups is 1. The van der Waals surface area contributed by atoms with Crippen molar-refractivity contribution in [1.29, 1.82) is 0 Å². The Kier molecular flexibility index (Phi) is 5.80. The third kappa shape index (κ3) is 3.99. The fourth-order valence-corrected chi connectivity index (χ4v) is 2.89. The molecule has 2 atom stereocenters. The van der Waals surface area contributed by atoms with Crippen LogP contribution in [0.1, 0.15) is 31.4 Å². The summed E-state index contributed by atoms with van der Waals surface area (Å²) >= 11 is 0. The molecule has 0 aliphatic heterocycles. The van der Waals surface area contributed by atoms with Gasteiger partial charge in [0.05, 0.1) is 13.2 Å². The van der Waals surface area contributed by atoms with E-state index >= 15 is 0 Å². The molecular formula is C17H27N3O2. The highest BCUT2D eigenvalue weighted by Gasteiger charge is 2.36. The van der Waals surface area contributed by atoms with Crippen molar-refractivity contribution in [3.63, 3.8) is 0 Å². The number of methoxy groups -OCH3 is 1. The van der Waals surface area contributed by atoms with E-state index < -0.39 is 5.60 Å². The molecule has 5 heteroatoms. The third-order valence-corrected chi connectivity index (χ3v) is 3.97. The zero-order valence-corrected chi connectivity index (χ0v) is 13.7. The van der Waals surface area contributed by atoms with Gasteiger partial charge in [0.15, 0.2) is 5.96 Å². The molecular weight excluding hydrogens is 278 g/mol. The van der Waals surface area contributed by atoms with Crippen LogP contribution in [0, 0.1) is 0 Å². The van der Waals surface area contributed by atoms with Gasteiger partial charge in [-0.1, -0.05) is 24.3 Å². The summed E-state index contributed by atoms with van der Waals surface area (Å²) in [6.45, 7) is 5.81. The van der Waals surface area contributed by atoms with Gasteiger partial charge in [-0.3, -0.25) is 0 Å². The summed E-state index contributed by atoms with van der Waals surface area (Å²) in [4.78, 5) is 4.58. The number of benzene rings is 1. The number of hydrogen-bond donors (Lipinski definition) is 3. The van der Waals surface area contributed by atoms with E-state index in [4.69, 9.17) is 4.74 Å². The zero-order valence-electron chi connectivity index (χ0n) is 13.7. The molecule has 0 radical (unpaired) electrons. The van der Waals surface area contributed by atoms with Crippen molar-refractivity contribution in [2.45, 2.75) is 38.3 Å². The lowest BCUT2D eigenvalue weighted by atomic mass is 9.96. The minimum Gasteiger partial charge on any atom is -0.383 e. The monoisotopic (exact) mass is 305 g/mol. The fourth-order valence-electron chi connectivity index (χ4n) is 2.89. The van der Waals surface area contributed by atoms with Crippen molar-refractivity contribution in [1.82, 2.24) is 10.6 Å². The summed E-state index contributed by atoms with van der Waals surface area (Å²) in [5.74, 6) is 0.713. The van der Waals surface area contributed by atoms with E-state index in [2.05, 4.69) is 21.7 Å². The van der Waals surface area contributed by atoms with E-state index in [1.807, 2.05) is 32.0 Å². The van der Waals surface area contributed by atoms with Crippen LogP contribution in [-0.2, 0) is 16.8 Å². The Balaban J connectivity index is 2.07. The summed E-state index contributed by atoms with van der Waals surface area (Å²) in [6, 6.07) is 8.25. The molecule has 0 saturated heterocycles. The van der Waals surface area contributed by atoms with Gasteiger partial charge in [0.25, 0.3) is 0 Å². The number of hydrogen-bond acceptors (Lipinski definition) is 3. The normalized spacial score (nSPS) is 22.3. The van der Waals surface area contributed by atoms with Gasteiger partial charge in [-0.15, -0.1) is 0 Å². The second-order valence-electron chi connectivity index (χ2n) is 5.88. The summed E-state index contributed by atoms with van der Waals surface area (Å²) in [6.07, 6.45) is 1.63. The maximum absolute atomic E-state index is 10.9. The maximum atomic E-state index is 10.9. The number of ether oxygens (including phenoxy) is 1. The first-order valence-corrected chi connectivity index (χ1v) is 7.93.